The number of hydrogen-bond donors (Lipinski definition) is 2. The molecule has 160 valence electrons. The number of nitrogens with one attached hydrogen (secondary N) is 2. The summed E-state index contributed by atoms with van der Waals surface area (Å²) < 4.78 is 0. The fraction of sp³-hybridized carbons (Fsp3) is 0.364. The molecule has 0 aliphatic carbocycles. The standard InChI is InChI=1S/C22H26Cl2N4O2/c1-16(22(30)25-14-17-6-2-3-7-18(17)23)28-12-10-27(11-13-28)15-21(29)26-20-9-5-4-8-19(20)24/h2-9,16H,10-15H2,1H3,(H,25,30)(H,26,29)/t16-/m0/s1. The summed E-state index contributed by atoms with van der Waals surface area (Å²) >= 11 is 12.2. The Balaban J connectivity index is 1.42. The SMILES string of the molecule is C[C@@H](C(=O)NCc1ccccc1Cl)N1CCN(CC(=O)Nc2ccccc2Cl)CC1. The molecule has 1 saturated heterocycles. The smallest absolute Gasteiger partial charge is 0.238 e. The quantitative estimate of drug-likeness (QED) is 0.681. The zero-order valence-electron chi connectivity index (χ0n) is 16.9. The van der Waals surface area contributed by atoms with E-state index in [2.05, 4.69) is 20.4 Å². The van der Waals surface area contributed by atoms with Gasteiger partial charge in [-0.1, -0.05) is 53.5 Å². The minimum atomic E-state index is -0.244. The average molecular weight is 449 g/mol. The summed E-state index contributed by atoms with van der Waals surface area (Å²) in [5, 5.41) is 6.97. The number of nitrogens with zero attached hydrogens (tertiary/aromatic N) is 2. The first-order valence-electron chi connectivity index (χ1n) is 9.96. The van der Waals surface area contributed by atoms with Gasteiger partial charge in [-0.25, -0.2) is 0 Å². The highest BCUT2D eigenvalue weighted by Gasteiger charge is 2.26. The molecular weight excluding hydrogens is 423 g/mol. The molecule has 2 aromatic carbocycles. The second-order valence-electron chi connectivity index (χ2n) is 7.33. The van der Waals surface area contributed by atoms with Gasteiger partial charge in [0.15, 0.2) is 0 Å². The van der Waals surface area contributed by atoms with Gasteiger partial charge in [0.1, 0.15) is 0 Å². The van der Waals surface area contributed by atoms with E-state index in [0.29, 0.717) is 28.8 Å². The van der Waals surface area contributed by atoms with Crippen molar-refractivity contribution >= 4 is 40.7 Å². The topological polar surface area (TPSA) is 64.7 Å². The molecule has 2 amide bonds. The summed E-state index contributed by atoms with van der Waals surface area (Å²) in [5.41, 5.74) is 1.51. The molecule has 0 saturated carbocycles. The van der Waals surface area contributed by atoms with E-state index in [0.717, 1.165) is 31.7 Å². The number of halogens is 2. The van der Waals surface area contributed by atoms with Crippen molar-refractivity contribution in [1.82, 2.24) is 15.1 Å². The van der Waals surface area contributed by atoms with Crippen LogP contribution in [0.1, 0.15) is 12.5 Å². The lowest BCUT2D eigenvalue weighted by molar-refractivity contribution is -0.127. The number of amides is 2. The minimum absolute atomic E-state index is 0.0279. The normalized spacial score (nSPS) is 16.1. The molecule has 0 bridgehead atoms. The number of carbonyl (C=O) groups excluding carboxylic acids is 2. The zero-order chi connectivity index (χ0) is 21.5. The van der Waals surface area contributed by atoms with Crippen LogP contribution in [0.4, 0.5) is 5.69 Å². The first-order chi connectivity index (χ1) is 14.4. The van der Waals surface area contributed by atoms with E-state index in [1.54, 1.807) is 12.1 Å². The Morgan fingerprint density at radius 1 is 0.967 bits per heavy atom. The van der Waals surface area contributed by atoms with E-state index in [-0.39, 0.29) is 17.9 Å². The molecule has 6 nitrogen and oxygen atoms in total. The van der Waals surface area contributed by atoms with Crippen molar-refractivity contribution in [2.24, 2.45) is 0 Å². The molecule has 1 aliphatic rings. The van der Waals surface area contributed by atoms with E-state index in [4.69, 9.17) is 23.2 Å². The summed E-state index contributed by atoms with van der Waals surface area (Å²) in [5.74, 6) is -0.123. The second kappa shape index (κ2) is 10.8. The van der Waals surface area contributed by atoms with Crippen molar-refractivity contribution in [2.75, 3.05) is 38.0 Å². The number of benzene rings is 2. The van der Waals surface area contributed by atoms with Crippen LogP contribution in [0.5, 0.6) is 0 Å². The van der Waals surface area contributed by atoms with Crippen molar-refractivity contribution in [3.05, 3.63) is 64.1 Å². The Kier molecular flexibility index (Phi) is 8.10. The molecule has 2 N–H and O–H groups in total. The summed E-state index contributed by atoms with van der Waals surface area (Å²) in [6.45, 7) is 5.50. The summed E-state index contributed by atoms with van der Waals surface area (Å²) in [7, 11) is 0. The molecule has 8 heteroatoms. The Hall–Kier alpha value is -2.12. The molecule has 1 aliphatic heterocycles. The monoisotopic (exact) mass is 448 g/mol. The third kappa shape index (κ3) is 6.19. The van der Waals surface area contributed by atoms with Crippen molar-refractivity contribution < 1.29 is 9.59 Å². The fourth-order valence-corrected chi connectivity index (χ4v) is 3.79. The molecule has 1 heterocycles. The van der Waals surface area contributed by atoms with E-state index in [1.165, 1.54) is 0 Å². The van der Waals surface area contributed by atoms with Crippen LogP contribution in [0.2, 0.25) is 10.0 Å². The van der Waals surface area contributed by atoms with Gasteiger partial charge in [-0.3, -0.25) is 19.4 Å². The van der Waals surface area contributed by atoms with Gasteiger partial charge in [0.25, 0.3) is 0 Å². The van der Waals surface area contributed by atoms with Crippen molar-refractivity contribution in [3.8, 4) is 0 Å². The molecule has 0 aromatic heterocycles. The van der Waals surface area contributed by atoms with E-state index >= 15 is 0 Å². The first-order valence-corrected chi connectivity index (χ1v) is 10.7. The third-order valence-electron chi connectivity index (χ3n) is 5.26. The van der Waals surface area contributed by atoms with E-state index < -0.39 is 0 Å². The number of carbonyl (C=O) groups is 2. The Bertz CT molecular complexity index is 885. The average Bonchev–Trinajstić information content (AvgIpc) is 2.74. The van der Waals surface area contributed by atoms with Gasteiger partial charge >= 0.3 is 0 Å². The van der Waals surface area contributed by atoms with Crippen LogP contribution in [0.25, 0.3) is 0 Å². The Morgan fingerprint density at radius 2 is 1.60 bits per heavy atom. The van der Waals surface area contributed by atoms with Gasteiger partial charge < -0.3 is 10.6 Å². The van der Waals surface area contributed by atoms with Crippen LogP contribution >= 0.6 is 23.2 Å². The Morgan fingerprint density at radius 3 is 2.27 bits per heavy atom. The highest BCUT2D eigenvalue weighted by Crippen LogP contribution is 2.20. The van der Waals surface area contributed by atoms with Crippen LogP contribution in [0, 0.1) is 0 Å². The second-order valence-corrected chi connectivity index (χ2v) is 8.14. The van der Waals surface area contributed by atoms with Gasteiger partial charge in [0.2, 0.25) is 11.8 Å². The Labute approximate surface area is 187 Å². The van der Waals surface area contributed by atoms with Gasteiger partial charge in [0.05, 0.1) is 23.3 Å². The van der Waals surface area contributed by atoms with Crippen molar-refractivity contribution in [3.63, 3.8) is 0 Å². The maximum atomic E-state index is 12.5. The van der Waals surface area contributed by atoms with E-state index in [9.17, 15) is 9.59 Å². The summed E-state index contributed by atoms with van der Waals surface area (Å²) in [6, 6.07) is 14.4. The van der Waals surface area contributed by atoms with Gasteiger partial charge in [-0.2, -0.15) is 0 Å². The molecule has 1 fully saturated rings. The predicted octanol–water partition coefficient (Wildman–Crippen LogP) is 3.25. The third-order valence-corrected chi connectivity index (χ3v) is 5.96. The number of piperazine rings is 1. The molecule has 0 spiro atoms. The number of para-hydroxylation sites is 1. The maximum absolute atomic E-state index is 12.5. The fourth-order valence-electron chi connectivity index (χ4n) is 3.40. The number of rotatable bonds is 7. The van der Waals surface area contributed by atoms with Crippen LogP contribution in [-0.2, 0) is 16.1 Å². The highest BCUT2D eigenvalue weighted by atomic mass is 35.5. The molecule has 0 radical (unpaired) electrons. The first kappa shape index (κ1) is 22.6. The van der Waals surface area contributed by atoms with Crippen molar-refractivity contribution in [2.45, 2.75) is 19.5 Å². The molecule has 2 aromatic rings. The minimum Gasteiger partial charge on any atom is -0.351 e. The van der Waals surface area contributed by atoms with Crippen LogP contribution in [0.3, 0.4) is 0 Å². The molecule has 3 rings (SSSR count). The van der Waals surface area contributed by atoms with Crippen LogP contribution in [0.15, 0.2) is 48.5 Å². The molecular formula is C22H26Cl2N4O2. The van der Waals surface area contributed by atoms with Gasteiger partial charge in [-0.15, -0.1) is 0 Å². The lowest BCUT2D eigenvalue weighted by Gasteiger charge is -2.37. The maximum Gasteiger partial charge on any atom is 0.238 e. The molecule has 30 heavy (non-hydrogen) atoms. The molecule has 1 atom stereocenters. The van der Waals surface area contributed by atoms with Gasteiger partial charge in [0, 0.05) is 37.7 Å². The highest BCUT2D eigenvalue weighted by molar-refractivity contribution is 6.33. The molecule has 0 unspecified atom stereocenters. The van der Waals surface area contributed by atoms with Crippen LogP contribution in [-0.4, -0.2) is 60.4 Å². The summed E-state index contributed by atoms with van der Waals surface area (Å²) in [4.78, 5) is 29.0. The zero-order valence-corrected chi connectivity index (χ0v) is 18.4. The van der Waals surface area contributed by atoms with E-state index in [1.807, 2.05) is 43.3 Å². The summed E-state index contributed by atoms with van der Waals surface area (Å²) in [6.07, 6.45) is 0. The van der Waals surface area contributed by atoms with Gasteiger partial charge in [-0.05, 0) is 30.7 Å². The van der Waals surface area contributed by atoms with Crippen molar-refractivity contribution in [1.29, 1.82) is 0 Å². The predicted molar refractivity (Wildman–Crippen MR) is 121 cm³/mol. The lowest BCUT2D eigenvalue weighted by atomic mass is 10.2. The van der Waals surface area contributed by atoms with Crippen LogP contribution < -0.4 is 10.6 Å². The largest absolute Gasteiger partial charge is 0.351 e. The number of hydrogen-bond acceptors (Lipinski definition) is 4. The lowest BCUT2D eigenvalue weighted by Crippen LogP contribution is -2.54. The number of anilines is 1.